The maximum absolute atomic E-state index is 5.54. The number of anilines is 1. The van der Waals surface area contributed by atoms with Gasteiger partial charge in [0.2, 0.25) is 5.89 Å². The zero-order chi connectivity index (χ0) is 14.9. The maximum Gasteiger partial charge on any atom is 0.229 e. The van der Waals surface area contributed by atoms with Gasteiger partial charge in [0.25, 0.3) is 0 Å². The molecule has 112 valence electrons. The Balaban J connectivity index is 1.85. The number of rotatable bonds is 2. The molecule has 0 spiro atoms. The first-order valence-corrected chi connectivity index (χ1v) is 7.86. The molecule has 1 fully saturated rings. The normalized spacial score (nSPS) is 16.3. The fourth-order valence-electron chi connectivity index (χ4n) is 3.08. The van der Waals surface area contributed by atoms with Crippen LogP contribution in [0.4, 0.5) is 5.82 Å². The average Bonchev–Trinajstić information content (AvgIpc) is 3.09. The van der Waals surface area contributed by atoms with Crippen LogP contribution in [0.1, 0.15) is 19.8 Å². The van der Waals surface area contributed by atoms with E-state index in [-0.39, 0.29) is 0 Å². The lowest BCUT2D eigenvalue weighted by molar-refractivity contribution is 0.436. The van der Waals surface area contributed by atoms with E-state index in [1.54, 1.807) is 12.5 Å². The molecule has 0 bridgehead atoms. The van der Waals surface area contributed by atoms with Crippen molar-refractivity contribution in [3.05, 3.63) is 42.8 Å². The van der Waals surface area contributed by atoms with E-state index in [2.05, 4.69) is 35.0 Å². The van der Waals surface area contributed by atoms with Crippen LogP contribution in [0.5, 0.6) is 0 Å². The number of hydrogen-bond acceptors (Lipinski definition) is 4. The van der Waals surface area contributed by atoms with Crippen molar-refractivity contribution in [3.63, 3.8) is 0 Å². The van der Waals surface area contributed by atoms with Gasteiger partial charge in [-0.1, -0.05) is 25.1 Å². The van der Waals surface area contributed by atoms with Crippen LogP contribution < -0.4 is 4.90 Å². The van der Waals surface area contributed by atoms with Gasteiger partial charge in [0, 0.05) is 18.5 Å². The summed E-state index contributed by atoms with van der Waals surface area (Å²) in [5, 5.41) is 1.12. The smallest absolute Gasteiger partial charge is 0.229 e. The largest absolute Gasteiger partial charge is 0.444 e. The summed E-state index contributed by atoms with van der Waals surface area (Å²) in [7, 11) is 0. The van der Waals surface area contributed by atoms with Crippen LogP contribution in [-0.4, -0.2) is 23.1 Å². The number of fused-ring (bicyclic) bond motifs is 1. The van der Waals surface area contributed by atoms with Gasteiger partial charge in [-0.15, -0.1) is 0 Å². The van der Waals surface area contributed by atoms with Crippen LogP contribution in [0.2, 0.25) is 0 Å². The third-order valence-electron chi connectivity index (χ3n) is 4.45. The van der Waals surface area contributed by atoms with Gasteiger partial charge >= 0.3 is 0 Å². The van der Waals surface area contributed by atoms with E-state index in [1.165, 1.54) is 12.8 Å². The Morgan fingerprint density at radius 3 is 2.77 bits per heavy atom. The lowest BCUT2D eigenvalue weighted by atomic mass is 9.98. The Kier molecular flexibility index (Phi) is 3.29. The molecule has 0 aliphatic carbocycles. The summed E-state index contributed by atoms with van der Waals surface area (Å²) < 4.78 is 5.54. The van der Waals surface area contributed by atoms with Crippen LogP contribution in [0, 0.1) is 5.92 Å². The van der Waals surface area contributed by atoms with E-state index in [0.29, 0.717) is 5.89 Å². The summed E-state index contributed by atoms with van der Waals surface area (Å²) in [6.07, 6.45) is 5.72. The SMILES string of the molecule is CC1CCN(c2nc3ccccc3cc2-c2ncco2)CC1. The molecule has 3 aromatic rings. The molecule has 1 saturated heterocycles. The van der Waals surface area contributed by atoms with Gasteiger partial charge in [-0.05, 0) is 30.9 Å². The zero-order valence-electron chi connectivity index (χ0n) is 12.7. The summed E-state index contributed by atoms with van der Waals surface area (Å²) in [5.41, 5.74) is 2.00. The van der Waals surface area contributed by atoms with Crippen molar-refractivity contribution in [1.82, 2.24) is 9.97 Å². The zero-order valence-corrected chi connectivity index (χ0v) is 12.7. The fraction of sp³-hybridized carbons (Fsp3) is 0.333. The van der Waals surface area contributed by atoms with Gasteiger partial charge in [0.05, 0.1) is 17.3 Å². The molecule has 1 aliphatic heterocycles. The molecule has 22 heavy (non-hydrogen) atoms. The summed E-state index contributed by atoms with van der Waals surface area (Å²) in [4.78, 5) is 11.6. The van der Waals surface area contributed by atoms with Crippen LogP contribution in [-0.2, 0) is 0 Å². The van der Waals surface area contributed by atoms with Crippen molar-refractivity contribution in [1.29, 1.82) is 0 Å². The van der Waals surface area contributed by atoms with Crippen molar-refractivity contribution in [2.75, 3.05) is 18.0 Å². The standard InChI is InChI=1S/C18H19N3O/c1-13-6-9-21(10-7-13)17-15(18-19-8-11-22-18)12-14-4-2-3-5-16(14)20-17/h2-5,8,11-13H,6-7,9-10H2,1H3. The van der Waals surface area contributed by atoms with Gasteiger partial charge in [-0.25, -0.2) is 9.97 Å². The lowest BCUT2D eigenvalue weighted by Gasteiger charge is -2.32. The second-order valence-electron chi connectivity index (χ2n) is 6.06. The number of piperidine rings is 1. The molecule has 2 aromatic heterocycles. The predicted octanol–water partition coefficient (Wildman–Crippen LogP) is 4.13. The van der Waals surface area contributed by atoms with Gasteiger partial charge in [-0.3, -0.25) is 0 Å². The van der Waals surface area contributed by atoms with Gasteiger partial charge < -0.3 is 9.32 Å². The number of benzene rings is 1. The Hall–Kier alpha value is -2.36. The number of nitrogens with zero attached hydrogens (tertiary/aromatic N) is 3. The van der Waals surface area contributed by atoms with Crippen molar-refractivity contribution in [2.45, 2.75) is 19.8 Å². The molecule has 3 heterocycles. The van der Waals surface area contributed by atoms with E-state index in [9.17, 15) is 0 Å². The molecule has 4 heteroatoms. The molecule has 4 rings (SSSR count). The van der Waals surface area contributed by atoms with Crippen molar-refractivity contribution < 1.29 is 4.42 Å². The predicted molar refractivity (Wildman–Crippen MR) is 87.9 cm³/mol. The number of pyridine rings is 1. The van der Waals surface area contributed by atoms with Gasteiger partial charge in [-0.2, -0.15) is 0 Å². The first-order valence-electron chi connectivity index (χ1n) is 7.86. The van der Waals surface area contributed by atoms with Crippen LogP contribution in [0.15, 0.2) is 47.2 Å². The minimum atomic E-state index is 0.645. The number of hydrogen-bond donors (Lipinski definition) is 0. The molecule has 0 radical (unpaired) electrons. The average molecular weight is 293 g/mol. The fourth-order valence-corrected chi connectivity index (χ4v) is 3.08. The Morgan fingerprint density at radius 2 is 2.00 bits per heavy atom. The first-order chi connectivity index (χ1) is 10.8. The van der Waals surface area contributed by atoms with Crippen LogP contribution >= 0.6 is 0 Å². The summed E-state index contributed by atoms with van der Waals surface area (Å²) in [5.74, 6) is 2.43. The molecule has 1 aromatic carbocycles. The molecular weight excluding hydrogens is 274 g/mol. The summed E-state index contributed by atoms with van der Waals surface area (Å²) in [6.45, 7) is 4.40. The van der Waals surface area contributed by atoms with Crippen LogP contribution in [0.3, 0.4) is 0 Å². The third kappa shape index (κ3) is 2.34. The van der Waals surface area contributed by atoms with E-state index >= 15 is 0 Å². The van der Waals surface area contributed by atoms with Crippen molar-refractivity contribution in [2.24, 2.45) is 5.92 Å². The molecule has 0 saturated carbocycles. The molecule has 1 aliphatic rings. The van der Waals surface area contributed by atoms with E-state index in [4.69, 9.17) is 9.40 Å². The minimum Gasteiger partial charge on any atom is -0.444 e. The topological polar surface area (TPSA) is 42.2 Å². The van der Waals surface area contributed by atoms with Crippen molar-refractivity contribution >= 4 is 16.7 Å². The first kappa shape index (κ1) is 13.3. The highest BCUT2D eigenvalue weighted by Gasteiger charge is 2.22. The second kappa shape index (κ2) is 5.44. The maximum atomic E-state index is 5.54. The van der Waals surface area contributed by atoms with Crippen molar-refractivity contribution in [3.8, 4) is 11.5 Å². The molecule has 4 nitrogen and oxygen atoms in total. The molecule has 0 atom stereocenters. The Labute approximate surface area is 129 Å². The van der Waals surface area contributed by atoms with E-state index in [1.807, 2.05) is 12.1 Å². The van der Waals surface area contributed by atoms with E-state index < -0.39 is 0 Å². The summed E-state index contributed by atoms with van der Waals surface area (Å²) >= 11 is 0. The van der Waals surface area contributed by atoms with Crippen LogP contribution in [0.25, 0.3) is 22.4 Å². The second-order valence-corrected chi connectivity index (χ2v) is 6.06. The Bertz CT molecular complexity index is 774. The summed E-state index contributed by atoms with van der Waals surface area (Å²) in [6, 6.07) is 10.3. The van der Waals surface area contributed by atoms with Gasteiger partial charge in [0.15, 0.2) is 0 Å². The van der Waals surface area contributed by atoms with E-state index in [0.717, 1.165) is 41.3 Å². The lowest BCUT2D eigenvalue weighted by Crippen LogP contribution is -2.33. The third-order valence-corrected chi connectivity index (χ3v) is 4.45. The molecule has 0 amide bonds. The van der Waals surface area contributed by atoms with Gasteiger partial charge in [0.1, 0.15) is 12.1 Å². The molecule has 0 N–H and O–H groups in total. The number of aromatic nitrogens is 2. The highest BCUT2D eigenvalue weighted by molar-refractivity contribution is 5.87. The highest BCUT2D eigenvalue weighted by Crippen LogP contribution is 2.33. The monoisotopic (exact) mass is 293 g/mol. The molecule has 0 unspecified atom stereocenters. The quantitative estimate of drug-likeness (QED) is 0.712. The Morgan fingerprint density at radius 1 is 1.18 bits per heavy atom. The minimum absolute atomic E-state index is 0.645. The number of oxazole rings is 1. The molecular formula is C18H19N3O. The number of para-hydroxylation sites is 1. The highest BCUT2D eigenvalue weighted by atomic mass is 16.3.